The third-order valence-electron chi connectivity index (χ3n) is 3.13. The molecule has 1 aromatic heterocycles. The molecule has 0 spiro atoms. The van der Waals surface area contributed by atoms with Crippen LogP contribution in [0.1, 0.15) is 29.4 Å². The monoisotopic (exact) mass is 312 g/mol. The number of halogens is 2. The molecule has 0 aliphatic rings. The average Bonchev–Trinajstić information content (AvgIpc) is 2.86. The zero-order chi connectivity index (χ0) is 15.2. The van der Waals surface area contributed by atoms with E-state index < -0.39 is 6.43 Å². The maximum atomic E-state index is 12.8. The summed E-state index contributed by atoms with van der Waals surface area (Å²) in [5, 5.41) is 3.81. The molecule has 0 aliphatic carbocycles. The Morgan fingerprint density at radius 1 is 1.29 bits per heavy atom. The molecule has 2 rings (SSSR count). The van der Waals surface area contributed by atoms with Gasteiger partial charge in [-0.05, 0) is 5.56 Å². The molecule has 0 unspecified atom stereocenters. The van der Waals surface area contributed by atoms with Gasteiger partial charge < -0.3 is 4.74 Å². The highest BCUT2D eigenvalue weighted by molar-refractivity contribution is 7.98. The van der Waals surface area contributed by atoms with E-state index in [9.17, 15) is 8.78 Å². The maximum Gasteiger partial charge on any atom is 0.282 e. The van der Waals surface area contributed by atoms with Crippen molar-refractivity contribution in [2.45, 2.75) is 18.3 Å². The summed E-state index contributed by atoms with van der Waals surface area (Å²) in [6.07, 6.45) is -0.921. The van der Waals surface area contributed by atoms with Crippen molar-refractivity contribution >= 4 is 11.8 Å². The van der Waals surface area contributed by atoms with Gasteiger partial charge in [0.2, 0.25) is 0 Å². The van der Waals surface area contributed by atoms with Crippen molar-refractivity contribution in [3.8, 4) is 0 Å². The van der Waals surface area contributed by atoms with Gasteiger partial charge in [-0.25, -0.2) is 8.78 Å². The number of thioether (sulfide) groups is 1. The normalized spacial score (nSPS) is 12.8. The summed E-state index contributed by atoms with van der Waals surface area (Å²) in [6.45, 7) is 0. The Kier molecular flexibility index (Phi) is 5.76. The van der Waals surface area contributed by atoms with Crippen molar-refractivity contribution in [3.63, 3.8) is 0 Å². The number of ether oxygens (including phenoxy) is 1. The molecular formula is C15H18F2N2OS. The van der Waals surface area contributed by atoms with E-state index in [-0.39, 0.29) is 11.8 Å². The summed E-state index contributed by atoms with van der Waals surface area (Å²) in [7, 11) is 3.31. The van der Waals surface area contributed by atoms with Crippen LogP contribution in [-0.2, 0) is 17.5 Å². The standard InChI is InChI=1S/C15H18F2N2OS/c1-19-8-12(14(18-19)15(16)17)9-21-10-13(20-2)11-6-4-3-5-7-11/h3-8,13,15H,9-10H2,1-2H3/t13-/m1/s1. The van der Waals surface area contributed by atoms with Crippen molar-refractivity contribution in [1.29, 1.82) is 0 Å². The molecule has 21 heavy (non-hydrogen) atoms. The van der Waals surface area contributed by atoms with Crippen molar-refractivity contribution in [2.75, 3.05) is 12.9 Å². The first-order chi connectivity index (χ1) is 10.1. The molecular weight excluding hydrogens is 294 g/mol. The van der Waals surface area contributed by atoms with Gasteiger partial charge in [0, 0.05) is 37.4 Å². The van der Waals surface area contributed by atoms with E-state index in [1.807, 2.05) is 30.3 Å². The van der Waals surface area contributed by atoms with Crippen LogP contribution in [0, 0.1) is 0 Å². The molecule has 0 saturated carbocycles. The topological polar surface area (TPSA) is 27.1 Å². The Balaban J connectivity index is 1.94. The molecule has 1 aromatic carbocycles. The van der Waals surface area contributed by atoms with Gasteiger partial charge in [-0.3, -0.25) is 4.68 Å². The zero-order valence-corrected chi connectivity index (χ0v) is 12.8. The highest BCUT2D eigenvalue weighted by Gasteiger charge is 2.18. The molecule has 0 fully saturated rings. The van der Waals surface area contributed by atoms with E-state index >= 15 is 0 Å². The number of benzene rings is 1. The second-order valence-corrected chi connectivity index (χ2v) is 5.69. The number of hydrogen-bond acceptors (Lipinski definition) is 3. The van der Waals surface area contributed by atoms with Gasteiger partial charge in [0.05, 0.1) is 6.10 Å². The maximum absolute atomic E-state index is 12.8. The summed E-state index contributed by atoms with van der Waals surface area (Å²) in [4.78, 5) is 0. The van der Waals surface area contributed by atoms with Crippen LogP contribution in [0.3, 0.4) is 0 Å². The van der Waals surface area contributed by atoms with Crippen molar-refractivity contribution in [3.05, 3.63) is 53.3 Å². The summed E-state index contributed by atoms with van der Waals surface area (Å²) in [5.74, 6) is 1.21. The van der Waals surface area contributed by atoms with Gasteiger partial charge >= 0.3 is 0 Å². The number of nitrogens with zero attached hydrogens (tertiary/aromatic N) is 2. The Labute approximate surface area is 127 Å². The third-order valence-corrected chi connectivity index (χ3v) is 4.18. The molecule has 0 aliphatic heterocycles. The van der Waals surface area contributed by atoms with E-state index in [1.54, 1.807) is 32.1 Å². The lowest BCUT2D eigenvalue weighted by molar-refractivity contribution is 0.123. The minimum Gasteiger partial charge on any atom is -0.376 e. The van der Waals surface area contributed by atoms with Crippen LogP contribution in [0.15, 0.2) is 36.5 Å². The number of aromatic nitrogens is 2. The highest BCUT2D eigenvalue weighted by atomic mass is 32.2. The van der Waals surface area contributed by atoms with Crippen molar-refractivity contribution in [1.82, 2.24) is 9.78 Å². The Hall–Kier alpha value is -1.40. The second kappa shape index (κ2) is 7.56. The van der Waals surface area contributed by atoms with Crippen molar-refractivity contribution in [2.24, 2.45) is 7.05 Å². The number of methoxy groups -OCH3 is 1. The minimum absolute atomic E-state index is 0.0390. The summed E-state index contributed by atoms with van der Waals surface area (Å²) < 4.78 is 32.6. The van der Waals surface area contributed by atoms with Crippen LogP contribution in [0.25, 0.3) is 0 Å². The Morgan fingerprint density at radius 3 is 2.62 bits per heavy atom. The molecule has 0 bridgehead atoms. The highest BCUT2D eigenvalue weighted by Crippen LogP contribution is 2.27. The number of aryl methyl sites for hydroxylation is 1. The Bertz CT molecular complexity index is 560. The summed E-state index contributed by atoms with van der Waals surface area (Å²) in [6, 6.07) is 9.88. The predicted octanol–water partition coefficient (Wildman–Crippen LogP) is 3.98. The number of alkyl halides is 2. The molecule has 0 N–H and O–H groups in total. The molecule has 6 heteroatoms. The van der Waals surface area contributed by atoms with Crippen LogP contribution in [0.2, 0.25) is 0 Å². The van der Waals surface area contributed by atoms with Crippen LogP contribution in [-0.4, -0.2) is 22.6 Å². The predicted molar refractivity (Wildman–Crippen MR) is 80.5 cm³/mol. The van der Waals surface area contributed by atoms with Gasteiger partial charge in [0.1, 0.15) is 5.69 Å². The van der Waals surface area contributed by atoms with Crippen LogP contribution in [0.5, 0.6) is 0 Å². The first kappa shape index (κ1) is 16.0. The summed E-state index contributed by atoms with van der Waals surface area (Å²) >= 11 is 1.57. The molecule has 0 radical (unpaired) electrons. The van der Waals surface area contributed by atoms with E-state index in [2.05, 4.69) is 5.10 Å². The zero-order valence-electron chi connectivity index (χ0n) is 12.0. The van der Waals surface area contributed by atoms with E-state index in [0.717, 1.165) is 5.56 Å². The lowest BCUT2D eigenvalue weighted by Crippen LogP contribution is -2.04. The number of rotatable bonds is 7. The third kappa shape index (κ3) is 4.28. The lowest BCUT2D eigenvalue weighted by atomic mass is 10.1. The van der Waals surface area contributed by atoms with E-state index in [0.29, 0.717) is 17.1 Å². The van der Waals surface area contributed by atoms with Gasteiger partial charge in [0.25, 0.3) is 6.43 Å². The quantitative estimate of drug-likeness (QED) is 0.774. The van der Waals surface area contributed by atoms with Gasteiger partial charge in [-0.2, -0.15) is 16.9 Å². The molecule has 0 amide bonds. The van der Waals surface area contributed by atoms with E-state index in [4.69, 9.17) is 4.74 Å². The average molecular weight is 312 g/mol. The van der Waals surface area contributed by atoms with Crippen molar-refractivity contribution < 1.29 is 13.5 Å². The molecule has 1 atom stereocenters. The SMILES string of the molecule is CO[C@H](CSCc1cn(C)nc1C(F)F)c1ccccc1. The molecule has 1 heterocycles. The number of hydrogen-bond donors (Lipinski definition) is 0. The first-order valence-electron chi connectivity index (χ1n) is 6.58. The van der Waals surface area contributed by atoms with Crippen LogP contribution >= 0.6 is 11.8 Å². The second-order valence-electron chi connectivity index (χ2n) is 4.66. The van der Waals surface area contributed by atoms with Crippen LogP contribution < -0.4 is 0 Å². The fourth-order valence-electron chi connectivity index (χ4n) is 2.09. The van der Waals surface area contributed by atoms with Gasteiger partial charge in [-0.15, -0.1) is 0 Å². The largest absolute Gasteiger partial charge is 0.376 e. The Morgan fingerprint density at radius 2 is 2.00 bits per heavy atom. The first-order valence-corrected chi connectivity index (χ1v) is 7.73. The minimum atomic E-state index is -2.53. The molecule has 3 nitrogen and oxygen atoms in total. The fourth-order valence-corrected chi connectivity index (χ4v) is 3.20. The molecule has 2 aromatic rings. The molecule has 114 valence electrons. The van der Waals surface area contributed by atoms with Crippen LogP contribution in [0.4, 0.5) is 8.78 Å². The lowest BCUT2D eigenvalue weighted by Gasteiger charge is -2.15. The smallest absolute Gasteiger partial charge is 0.282 e. The summed E-state index contributed by atoms with van der Waals surface area (Å²) in [5.41, 5.74) is 1.55. The van der Waals surface area contributed by atoms with Gasteiger partial charge in [-0.1, -0.05) is 30.3 Å². The van der Waals surface area contributed by atoms with Gasteiger partial charge in [0.15, 0.2) is 0 Å². The van der Waals surface area contributed by atoms with E-state index in [1.165, 1.54) is 4.68 Å². The fraction of sp³-hybridized carbons (Fsp3) is 0.400. The molecule has 0 saturated heterocycles.